The van der Waals surface area contributed by atoms with Crippen molar-refractivity contribution in [1.82, 2.24) is 10.3 Å². The Kier molecular flexibility index (Phi) is 6.07. The third kappa shape index (κ3) is 4.17. The van der Waals surface area contributed by atoms with E-state index in [9.17, 15) is 0 Å². The molecular formula is C28H27N3O2S. The molecule has 2 aromatic carbocycles. The summed E-state index contributed by atoms with van der Waals surface area (Å²) in [4.78, 5) is 6.76. The fraction of sp³-hybridized carbons (Fsp3) is 0.214. The summed E-state index contributed by atoms with van der Waals surface area (Å²) in [5, 5.41) is 4.15. The van der Waals surface area contributed by atoms with Crippen LogP contribution in [0.2, 0.25) is 0 Å². The Morgan fingerprint density at radius 3 is 2.53 bits per heavy atom. The molecule has 0 radical (unpaired) electrons. The molecule has 0 bridgehead atoms. The molecule has 2 aromatic heterocycles. The Morgan fingerprint density at radius 2 is 1.82 bits per heavy atom. The largest absolute Gasteiger partial charge is 0.494 e. The van der Waals surface area contributed by atoms with Crippen LogP contribution in [0.25, 0.3) is 11.3 Å². The van der Waals surface area contributed by atoms with Crippen LogP contribution in [0.4, 0.5) is 5.69 Å². The van der Waals surface area contributed by atoms with E-state index >= 15 is 0 Å². The fourth-order valence-corrected chi connectivity index (χ4v) is 4.69. The molecule has 6 heteroatoms. The summed E-state index contributed by atoms with van der Waals surface area (Å²) < 4.78 is 12.0. The Labute approximate surface area is 205 Å². The van der Waals surface area contributed by atoms with Gasteiger partial charge < -0.3 is 19.4 Å². The molecule has 1 aliphatic rings. The molecule has 1 fully saturated rings. The van der Waals surface area contributed by atoms with Gasteiger partial charge in [-0.1, -0.05) is 12.1 Å². The lowest BCUT2D eigenvalue weighted by atomic mass is 10.0. The first-order valence-corrected chi connectivity index (χ1v) is 11.9. The van der Waals surface area contributed by atoms with Crippen LogP contribution in [0.1, 0.15) is 41.6 Å². The summed E-state index contributed by atoms with van der Waals surface area (Å²) in [5.41, 5.74) is 5.41. The van der Waals surface area contributed by atoms with Gasteiger partial charge in [0, 0.05) is 17.4 Å². The number of thiocarbonyl (C=S) groups is 1. The maximum Gasteiger partial charge on any atom is 0.174 e. The lowest BCUT2D eigenvalue weighted by Gasteiger charge is -2.26. The summed E-state index contributed by atoms with van der Waals surface area (Å²) in [6, 6.07) is 24.0. The van der Waals surface area contributed by atoms with Crippen molar-refractivity contribution in [1.29, 1.82) is 0 Å². The van der Waals surface area contributed by atoms with Gasteiger partial charge in [0.15, 0.2) is 5.11 Å². The average Bonchev–Trinajstić information content (AvgIpc) is 3.47. The lowest BCUT2D eigenvalue weighted by molar-refractivity contribution is 0.340. The van der Waals surface area contributed by atoms with Crippen molar-refractivity contribution < 1.29 is 9.15 Å². The fourth-order valence-electron chi connectivity index (χ4n) is 4.35. The maximum absolute atomic E-state index is 6.45. The van der Waals surface area contributed by atoms with Crippen LogP contribution in [-0.2, 0) is 0 Å². The number of aryl methyl sites for hydroxylation is 2. The van der Waals surface area contributed by atoms with Crippen molar-refractivity contribution in [2.24, 2.45) is 0 Å². The zero-order chi connectivity index (χ0) is 23.7. The van der Waals surface area contributed by atoms with Crippen LogP contribution in [-0.4, -0.2) is 16.7 Å². The van der Waals surface area contributed by atoms with Gasteiger partial charge in [-0.25, -0.2) is 0 Å². The third-order valence-corrected chi connectivity index (χ3v) is 6.55. The topological polar surface area (TPSA) is 50.5 Å². The molecule has 4 aromatic rings. The molecule has 0 unspecified atom stereocenters. The van der Waals surface area contributed by atoms with Crippen molar-refractivity contribution in [3.05, 3.63) is 102 Å². The van der Waals surface area contributed by atoms with Gasteiger partial charge in [0.2, 0.25) is 0 Å². The standard InChI is InChI=1S/C28H27N3O2S/c1-4-32-22-12-9-20(10-13-22)24-14-15-25(33-24)27-26(23-7-5-6-16-29-23)30-28(34)31(27)21-11-8-18(2)19(3)17-21/h5-17,26-27H,4H2,1-3H3,(H,30,34)/t26-,27-/m0/s1. The van der Waals surface area contributed by atoms with Gasteiger partial charge in [-0.2, -0.15) is 0 Å². The number of nitrogens with zero attached hydrogens (tertiary/aromatic N) is 2. The van der Waals surface area contributed by atoms with Gasteiger partial charge in [0.1, 0.15) is 23.3 Å². The van der Waals surface area contributed by atoms with E-state index in [1.54, 1.807) is 0 Å². The van der Waals surface area contributed by atoms with Crippen LogP contribution < -0.4 is 15.0 Å². The summed E-state index contributed by atoms with van der Waals surface area (Å²) in [6.07, 6.45) is 1.81. The zero-order valence-corrected chi connectivity index (χ0v) is 20.3. The van der Waals surface area contributed by atoms with Gasteiger partial charge in [-0.05, 0) is 105 Å². The highest BCUT2D eigenvalue weighted by atomic mass is 32.1. The number of ether oxygens (including phenoxy) is 1. The SMILES string of the molecule is CCOc1ccc(-c2ccc([C@H]3[C@H](c4ccccn4)NC(=S)N3c3ccc(C)c(C)c3)o2)cc1. The predicted octanol–water partition coefficient (Wildman–Crippen LogP) is 6.53. The number of rotatable bonds is 6. The lowest BCUT2D eigenvalue weighted by Crippen LogP contribution is -2.29. The molecule has 5 nitrogen and oxygen atoms in total. The third-order valence-electron chi connectivity index (χ3n) is 6.23. The zero-order valence-electron chi connectivity index (χ0n) is 19.5. The van der Waals surface area contributed by atoms with Crippen LogP contribution >= 0.6 is 12.2 Å². The summed E-state index contributed by atoms with van der Waals surface area (Å²) >= 11 is 5.82. The highest BCUT2D eigenvalue weighted by Gasteiger charge is 2.42. The van der Waals surface area contributed by atoms with Gasteiger partial charge in [-0.3, -0.25) is 4.98 Å². The van der Waals surface area contributed by atoms with Crippen LogP contribution in [0.3, 0.4) is 0 Å². The molecule has 0 aliphatic carbocycles. The number of pyridine rings is 1. The normalized spacial score (nSPS) is 17.6. The molecule has 0 spiro atoms. The van der Waals surface area contributed by atoms with Crippen molar-refractivity contribution >= 4 is 23.0 Å². The monoisotopic (exact) mass is 469 g/mol. The minimum Gasteiger partial charge on any atom is -0.494 e. The number of hydrogen-bond acceptors (Lipinski definition) is 4. The number of benzene rings is 2. The van der Waals surface area contributed by atoms with Crippen molar-refractivity contribution in [2.75, 3.05) is 11.5 Å². The molecule has 0 amide bonds. The van der Waals surface area contributed by atoms with Crippen molar-refractivity contribution in [3.63, 3.8) is 0 Å². The van der Waals surface area contributed by atoms with E-state index in [4.69, 9.17) is 21.4 Å². The first-order valence-electron chi connectivity index (χ1n) is 11.5. The highest BCUT2D eigenvalue weighted by Crippen LogP contribution is 2.43. The Morgan fingerprint density at radius 1 is 1.00 bits per heavy atom. The second kappa shape index (κ2) is 9.31. The van der Waals surface area contributed by atoms with E-state index in [0.29, 0.717) is 11.7 Å². The smallest absolute Gasteiger partial charge is 0.174 e. The van der Waals surface area contributed by atoms with Gasteiger partial charge in [0.05, 0.1) is 18.3 Å². The van der Waals surface area contributed by atoms with E-state index in [2.05, 4.69) is 47.2 Å². The Balaban J connectivity index is 1.55. The van der Waals surface area contributed by atoms with Crippen LogP contribution in [0, 0.1) is 13.8 Å². The number of hydrogen-bond donors (Lipinski definition) is 1. The van der Waals surface area contributed by atoms with Crippen LogP contribution in [0.5, 0.6) is 5.75 Å². The highest BCUT2D eigenvalue weighted by molar-refractivity contribution is 7.80. The molecule has 0 saturated carbocycles. The minimum absolute atomic E-state index is 0.144. The Bertz CT molecular complexity index is 1300. The number of furan rings is 1. The molecule has 3 heterocycles. The summed E-state index contributed by atoms with van der Waals surface area (Å²) in [6.45, 7) is 6.85. The van der Waals surface area contributed by atoms with E-state index in [-0.39, 0.29) is 12.1 Å². The summed E-state index contributed by atoms with van der Waals surface area (Å²) in [7, 11) is 0. The molecule has 172 valence electrons. The molecule has 5 rings (SSSR count). The van der Waals surface area contributed by atoms with E-state index in [1.807, 2.05) is 67.7 Å². The quantitative estimate of drug-likeness (QED) is 0.324. The Hall–Kier alpha value is -3.64. The second-order valence-corrected chi connectivity index (χ2v) is 8.81. The summed E-state index contributed by atoms with van der Waals surface area (Å²) in [5.74, 6) is 2.47. The first-order chi connectivity index (χ1) is 16.5. The molecule has 1 aliphatic heterocycles. The number of nitrogens with one attached hydrogen (secondary N) is 1. The van der Waals surface area contributed by atoms with E-state index in [0.717, 1.165) is 34.2 Å². The minimum atomic E-state index is -0.180. The van der Waals surface area contributed by atoms with Gasteiger partial charge >= 0.3 is 0 Å². The van der Waals surface area contributed by atoms with Gasteiger partial charge in [0.25, 0.3) is 0 Å². The number of aromatic nitrogens is 1. The average molecular weight is 470 g/mol. The van der Waals surface area contributed by atoms with Crippen molar-refractivity contribution in [2.45, 2.75) is 32.9 Å². The molecule has 1 N–H and O–H groups in total. The molecule has 1 saturated heterocycles. The molecular weight excluding hydrogens is 442 g/mol. The maximum atomic E-state index is 6.45. The van der Waals surface area contributed by atoms with Gasteiger partial charge in [-0.15, -0.1) is 0 Å². The van der Waals surface area contributed by atoms with E-state index < -0.39 is 0 Å². The molecule has 2 atom stereocenters. The predicted molar refractivity (Wildman–Crippen MR) is 139 cm³/mol. The van der Waals surface area contributed by atoms with Crippen molar-refractivity contribution in [3.8, 4) is 17.1 Å². The number of anilines is 1. The van der Waals surface area contributed by atoms with E-state index in [1.165, 1.54) is 11.1 Å². The first kappa shape index (κ1) is 22.2. The van der Waals surface area contributed by atoms with Crippen LogP contribution in [0.15, 0.2) is 83.4 Å². The second-order valence-electron chi connectivity index (χ2n) is 8.42. The molecule has 34 heavy (non-hydrogen) atoms.